The maximum Gasteiger partial charge on any atom is 0.272 e. The standard InChI is InChI=1S/C16H19F3N4O3/c17-12-4-11-5-15(21-23(11)7-13(12)26-9-14(18)19)20-10-2-1-3-22(6-10)16(25)8-24/h4-5,7,10,14,24H,1-3,6,8-9H2,(H,20,21)/t10-/m1/s1. The van der Waals surface area contributed by atoms with Gasteiger partial charge in [0.2, 0.25) is 5.91 Å². The zero-order valence-corrected chi connectivity index (χ0v) is 13.9. The Kier molecular flexibility index (Phi) is 5.50. The topological polar surface area (TPSA) is 79.1 Å². The van der Waals surface area contributed by atoms with Crippen molar-refractivity contribution in [3.05, 3.63) is 24.1 Å². The molecule has 1 atom stereocenters. The number of carbonyl (C=O) groups excluding carboxylic acids is 1. The molecule has 3 heterocycles. The van der Waals surface area contributed by atoms with Crippen molar-refractivity contribution in [2.45, 2.75) is 25.3 Å². The molecule has 0 unspecified atom stereocenters. The molecule has 26 heavy (non-hydrogen) atoms. The number of aliphatic hydroxyl groups excluding tert-OH is 1. The normalized spacial score (nSPS) is 17.7. The first kappa shape index (κ1) is 18.3. The van der Waals surface area contributed by atoms with Crippen molar-refractivity contribution >= 4 is 17.2 Å². The van der Waals surface area contributed by atoms with Crippen LogP contribution in [0.1, 0.15) is 12.8 Å². The molecule has 0 radical (unpaired) electrons. The quantitative estimate of drug-likeness (QED) is 0.804. The van der Waals surface area contributed by atoms with Crippen LogP contribution in [-0.2, 0) is 4.79 Å². The summed E-state index contributed by atoms with van der Waals surface area (Å²) < 4.78 is 44.4. The van der Waals surface area contributed by atoms with Crippen molar-refractivity contribution in [1.82, 2.24) is 14.5 Å². The number of amides is 1. The van der Waals surface area contributed by atoms with Crippen molar-refractivity contribution < 1.29 is 27.8 Å². The van der Waals surface area contributed by atoms with E-state index in [1.54, 1.807) is 11.0 Å². The van der Waals surface area contributed by atoms with Gasteiger partial charge in [-0.15, -0.1) is 0 Å². The number of carbonyl (C=O) groups is 1. The fourth-order valence-corrected chi connectivity index (χ4v) is 2.95. The van der Waals surface area contributed by atoms with E-state index in [9.17, 15) is 18.0 Å². The van der Waals surface area contributed by atoms with Crippen LogP contribution in [0.3, 0.4) is 0 Å². The lowest BCUT2D eigenvalue weighted by molar-refractivity contribution is -0.135. The molecule has 1 fully saturated rings. The van der Waals surface area contributed by atoms with Crippen LogP contribution in [0.5, 0.6) is 5.75 Å². The minimum atomic E-state index is -2.70. The summed E-state index contributed by atoms with van der Waals surface area (Å²) in [6.45, 7) is -0.392. The number of nitrogens with one attached hydrogen (secondary N) is 1. The summed E-state index contributed by atoms with van der Waals surface area (Å²) in [4.78, 5) is 13.2. The fourth-order valence-electron chi connectivity index (χ4n) is 2.95. The van der Waals surface area contributed by atoms with E-state index in [4.69, 9.17) is 9.84 Å². The Hall–Kier alpha value is -2.49. The molecule has 2 aromatic heterocycles. The lowest BCUT2D eigenvalue weighted by Crippen LogP contribution is -2.46. The van der Waals surface area contributed by atoms with Crippen LogP contribution in [0.2, 0.25) is 0 Å². The van der Waals surface area contributed by atoms with E-state index in [0.29, 0.717) is 24.4 Å². The molecule has 1 amide bonds. The average Bonchev–Trinajstić information content (AvgIpc) is 2.99. The number of hydrogen-bond acceptors (Lipinski definition) is 5. The predicted molar refractivity (Wildman–Crippen MR) is 87.0 cm³/mol. The highest BCUT2D eigenvalue weighted by Gasteiger charge is 2.23. The van der Waals surface area contributed by atoms with Crippen molar-refractivity contribution in [1.29, 1.82) is 0 Å². The van der Waals surface area contributed by atoms with E-state index >= 15 is 0 Å². The van der Waals surface area contributed by atoms with Crippen LogP contribution in [0.15, 0.2) is 18.3 Å². The predicted octanol–water partition coefficient (Wildman–Crippen LogP) is 1.51. The Morgan fingerprint density at radius 1 is 1.46 bits per heavy atom. The number of aromatic nitrogens is 2. The van der Waals surface area contributed by atoms with E-state index in [1.807, 2.05) is 0 Å². The van der Waals surface area contributed by atoms with Gasteiger partial charge in [0.15, 0.2) is 11.6 Å². The van der Waals surface area contributed by atoms with Crippen LogP contribution in [0.4, 0.5) is 19.0 Å². The minimum absolute atomic E-state index is 0.0523. The molecular formula is C16H19F3N4O3. The molecule has 0 spiro atoms. The SMILES string of the molecule is O=C(CO)N1CCC[C@@H](Nc2cc3cc(F)c(OCC(F)F)cn3n2)C1. The zero-order valence-electron chi connectivity index (χ0n) is 13.9. The molecule has 7 nitrogen and oxygen atoms in total. The number of anilines is 1. The van der Waals surface area contributed by atoms with Gasteiger partial charge in [-0.3, -0.25) is 4.79 Å². The van der Waals surface area contributed by atoms with E-state index in [0.717, 1.165) is 18.9 Å². The van der Waals surface area contributed by atoms with Gasteiger partial charge in [-0.2, -0.15) is 5.10 Å². The van der Waals surface area contributed by atoms with Crippen LogP contribution in [-0.4, -0.2) is 64.3 Å². The molecular weight excluding hydrogens is 353 g/mol. The molecule has 142 valence electrons. The summed E-state index contributed by atoms with van der Waals surface area (Å²) in [5, 5.41) is 16.4. The number of ether oxygens (including phenoxy) is 1. The van der Waals surface area contributed by atoms with Crippen LogP contribution in [0, 0.1) is 5.82 Å². The first-order valence-electron chi connectivity index (χ1n) is 8.21. The summed E-state index contributed by atoms with van der Waals surface area (Å²) in [6, 6.07) is 2.72. The second-order valence-corrected chi connectivity index (χ2v) is 6.07. The molecule has 0 aromatic carbocycles. The summed E-state index contributed by atoms with van der Waals surface area (Å²) >= 11 is 0. The number of halogens is 3. The number of alkyl halides is 2. The summed E-state index contributed by atoms with van der Waals surface area (Å²) in [5.74, 6) is -0.903. The largest absolute Gasteiger partial charge is 0.483 e. The molecule has 2 aromatic rings. The molecule has 1 saturated heterocycles. The molecule has 2 N–H and O–H groups in total. The Labute approximate surface area is 147 Å². The Balaban J connectivity index is 1.71. The highest BCUT2D eigenvalue weighted by Crippen LogP contribution is 2.23. The number of fused-ring (bicyclic) bond motifs is 1. The molecule has 1 aliphatic heterocycles. The van der Waals surface area contributed by atoms with Gasteiger partial charge in [0.05, 0.1) is 11.7 Å². The van der Waals surface area contributed by atoms with Gasteiger partial charge >= 0.3 is 0 Å². The second-order valence-electron chi connectivity index (χ2n) is 6.07. The van der Waals surface area contributed by atoms with Crippen molar-refractivity contribution in [2.24, 2.45) is 0 Å². The third kappa shape index (κ3) is 4.18. The summed E-state index contributed by atoms with van der Waals surface area (Å²) in [5.41, 5.74) is 0.438. The first-order valence-corrected chi connectivity index (χ1v) is 8.21. The third-order valence-corrected chi connectivity index (χ3v) is 4.14. The van der Waals surface area contributed by atoms with E-state index < -0.39 is 25.5 Å². The Morgan fingerprint density at radius 2 is 2.27 bits per heavy atom. The van der Waals surface area contributed by atoms with E-state index in [-0.39, 0.29) is 17.7 Å². The molecule has 0 bridgehead atoms. The smallest absolute Gasteiger partial charge is 0.272 e. The molecule has 0 saturated carbocycles. The zero-order chi connectivity index (χ0) is 18.7. The molecule has 3 rings (SSSR count). The number of rotatable bonds is 6. The summed E-state index contributed by atoms with van der Waals surface area (Å²) in [6.07, 6.45) is 0.119. The number of aliphatic hydroxyl groups is 1. The number of pyridine rings is 1. The molecule has 1 aliphatic rings. The first-order chi connectivity index (χ1) is 12.5. The highest BCUT2D eigenvalue weighted by molar-refractivity contribution is 5.77. The lowest BCUT2D eigenvalue weighted by atomic mass is 10.1. The van der Waals surface area contributed by atoms with Gasteiger partial charge in [0, 0.05) is 31.3 Å². The van der Waals surface area contributed by atoms with Gasteiger partial charge in [-0.1, -0.05) is 0 Å². The van der Waals surface area contributed by atoms with Crippen molar-refractivity contribution in [3.63, 3.8) is 0 Å². The van der Waals surface area contributed by atoms with Gasteiger partial charge < -0.3 is 20.1 Å². The second kappa shape index (κ2) is 7.81. The molecule has 0 aliphatic carbocycles. The van der Waals surface area contributed by atoms with E-state index in [1.165, 1.54) is 10.7 Å². The number of likely N-dealkylation sites (tertiary alicyclic amines) is 1. The van der Waals surface area contributed by atoms with Crippen molar-refractivity contribution in [3.8, 4) is 5.75 Å². The number of hydrogen-bond donors (Lipinski definition) is 2. The van der Waals surface area contributed by atoms with Gasteiger partial charge in [0.25, 0.3) is 6.43 Å². The van der Waals surface area contributed by atoms with Gasteiger partial charge in [-0.05, 0) is 12.8 Å². The average molecular weight is 372 g/mol. The van der Waals surface area contributed by atoms with Crippen LogP contribution >= 0.6 is 0 Å². The Morgan fingerprint density at radius 3 is 3.00 bits per heavy atom. The number of nitrogens with zero attached hydrogens (tertiary/aromatic N) is 3. The highest BCUT2D eigenvalue weighted by atomic mass is 19.3. The minimum Gasteiger partial charge on any atom is -0.483 e. The summed E-state index contributed by atoms with van der Waals surface area (Å²) in [7, 11) is 0. The fraction of sp³-hybridized carbons (Fsp3) is 0.500. The maximum absolute atomic E-state index is 13.9. The monoisotopic (exact) mass is 372 g/mol. The maximum atomic E-state index is 13.9. The van der Waals surface area contributed by atoms with Crippen LogP contribution in [0.25, 0.3) is 5.52 Å². The lowest BCUT2D eigenvalue weighted by Gasteiger charge is -2.32. The van der Waals surface area contributed by atoms with Crippen molar-refractivity contribution in [2.75, 3.05) is 31.6 Å². The van der Waals surface area contributed by atoms with Gasteiger partial charge in [-0.25, -0.2) is 17.7 Å². The molecule has 10 heteroatoms. The Bertz CT molecular complexity index is 783. The number of piperidine rings is 1. The van der Waals surface area contributed by atoms with Crippen LogP contribution < -0.4 is 10.1 Å². The van der Waals surface area contributed by atoms with Gasteiger partial charge in [0.1, 0.15) is 19.0 Å². The third-order valence-electron chi connectivity index (χ3n) is 4.14. The van der Waals surface area contributed by atoms with E-state index in [2.05, 4.69) is 10.4 Å².